The fourth-order valence-corrected chi connectivity index (χ4v) is 2.68. The normalized spacial score (nSPS) is 10.7. The Morgan fingerprint density at radius 2 is 2.00 bits per heavy atom. The van der Waals surface area contributed by atoms with Gasteiger partial charge in [0.15, 0.2) is 0 Å². The van der Waals surface area contributed by atoms with E-state index in [1.165, 1.54) is 25.3 Å². The van der Waals surface area contributed by atoms with Gasteiger partial charge >= 0.3 is 0 Å². The average Bonchev–Trinajstić information content (AvgIpc) is 2.65. The van der Waals surface area contributed by atoms with Gasteiger partial charge in [-0.25, -0.2) is 8.78 Å². The monoisotopic (exact) mass is 381 g/mol. The van der Waals surface area contributed by atoms with Gasteiger partial charge in [-0.1, -0.05) is 31.2 Å². The Bertz CT molecular complexity index is 783. The Kier molecular flexibility index (Phi) is 6.88. The number of methoxy groups -OCH3 is 1. The second kappa shape index (κ2) is 8.91. The summed E-state index contributed by atoms with van der Waals surface area (Å²) in [4.78, 5) is 0. The molecule has 0 aliphatic rings. The first-order chi connectivity index (χ1) is 12.4. The van der Waals surface area contributed by atoms with E-state index in [0.717, 1.165) is 17.5 Å². The molecule has 0 saturated carbocycles. The van der Waals surface area contributed by atoms with Gasteiger partial charge < -0.3 is 9.47 Å². The van der Waals surface area contributed by atoms with Crippen LogP contribution in [0, 0.1) is 6.92 Å². The van der Waals surface area contributed by atoms with E-state index < -0.39 is 6.43 Å². The molecule has 0 aliphatic heterocycles. The summed E-state index contributed by atoms with van der Waals surface area (Å²) in [6, 6.07) is 9.93. The van der Waals surface area contributed by atoms with Crippen molar-refractivity contribution in [1.82, 2.24) is 0 Å². The van der Waals surface area contributed by atoms with Crippen LogP contribution in [-0.4, -0.2) is 17.5 Å². The Morgan fingerprint density at radius 3 is 2.58 bits per heavy atom. The van der Waals surface area contributed by atoms with Gasteiger partial charge in [-0.05, 0) is 48.8 Å². The zero-order valence-corrected chi connectivity index (χ0v) is 15.6. The molecule has 2 rings (SSSR count). The van der Waals surface area contributed by atoms with Crippen LogP contribution in [0.1, 0.15) is 35.6 Å². The maximum absolute atomic E-state index is 13.4. The van der Waals surface area contributed by atoms with E-state index in [1.807, 2.05) is 25.1 Å². The van der Waals surface area contributed by atoms with Crippen molar-refractivity contribution in [2.24, 2.45) is 0 Å². The van der Waals surface area contributed by atoms with Crippen LogP contribution in [0.25, 0.3) is 0 Å². The summed E-state index contributed by atoms with van der Waals surface area (Å²) in [6.45, 7) is 3.80. The van der Waals surface area contributed by atoms with Crippen molar-refractivity contribution in [3.63, 3.8) is 0 Å². The van der Waals surface area contributed by atoms with Crippen LogP contribution in [-0.2, 0) is 17.8 Å². The molecule has 1 N–H and O–H groups in total. The number of hydrogen-bond acceptors (Lipinski definition) is 4. The molecule has 140 valence electrons. The van der Waals surface area contributed by atoms with E-state index in [1.54, 1.807) is 0 Å². The quantitative estimate of drug-likeness (QED) is 0.550. The predicted octanol–water partition coefficient (Wildman–Crippen LogP) is 5.20. The van der Waals surface area contributed by atoms with Gasteiger partial charge in [-0.2, -0.15) is 5.06 Å². The third-order valence-electron chi connectivity index (χ3n) is 4.02. The Hall–Kier alpha value is -2.25. The highest BCUT2D eigenvalue weighted by atomic mass is 32.1. The van der Waals surface area contributed by atoms with Crippen molar-refractivity contribution in [3.05, 3.63) is 58.7 Å². The topological polar surface area (TPSA) is 41.9 Å². The first kappa shape index (κ1) is 20.1. The fraction of sp³-hybridized carbons (Fsp3) is 0.316. The van der Waals surface area contributed by atoms with Crippen molar-refractivity contribution >= 4 is 23.1 Å². The molecular formula is C19H21F2NO3S. The molecule has 0 saturated heterocycles. The molecule has 0 amide bonds. The highest BCUT2D eigenvalue weighted by Gasteiger charge is 2.22. The van der Waals surface area contributed by atoms with E-state index >= 15 is 0 Å². The first-order valence-corrected chi connectivity index (χ1v) is 8.49. The number of alkyl halides is 2. The Labute approximate surface area is 156 Å². The van der Waals surface area contributed by atoms with Gasteiger partial charge in [0, 0.05) is 11.1 Å². The van der Waals surface area contributed by atoms with Gasteiger partial charge in [0.2, 0.25) is 0 Å². The number of aryl methyl sites for hydroxylation is 2. The highest BCUT2D eigenvalue weighted by Crippen LogP contribution is 2.32. The fourth-order valence-electron chi connectivity index (χ4n) is 2.58. The summed E-state index contributed by atoms with van der Waals surface area (Å²) in [5.41, 5.74) is 2.08. The van der Waals surface area contributed by atoms with Crippen LogP contribution in [0.15, 0.2) is 36.4 Å². The third-order valence-corrected chi connectivity index (χ3v) is 4.36. The van der Waals surface area contributed by atoms with Crippen LogP contribution in [0.2, 0.25) is 0 Å². The third kappa shape index (κ3) is 4.47. The van der Waals surface area contributed by atoms with E-state index in [0.29, 0.717) is 10.8 Å². The van der Waals surface area contributed by atoms with Crippen LogP contribution in [0.3, 0.4) is 0 Å². The zero-order chi connectivity index (χ0) is 19.3. The van der Waals surface area contributed by atoms with Crippen molar-refractivity contribution < 1.29 is 23.5 Å². The number of hydrogen-bond donors (Lipinski definition) is 1. The molecule has 0 bridgehead atoms. The van der Waals surface area contributed by atoms with Gasteiger partial charge in [0.1, 0.15) is 12.4 Å². The van der Waals surface area contributed by atoms with Gasteiger partial charge in [-0.3, -0.25) is 5.21 Å². The lowest BCUT2D eigenvalue weighted by atomic mass is 10.1. The minimum atomic E-state index is -2.72. The summed E-state index contributed by atoms with van der Waals surface area (Å²) < 4.78 is 37.4. The van der Waals surface area contributed by atoms with Crippen LogP contribution < -0.4 is 9.80 Å². The number of thiocarbonyl (C=S) groups is 1. The van der Waals surface area contributed by atoms with Crippen molar-refractivity contribution in [3.8, 4) is 5.75 Å². The number of rotatable bonds is 6. The Morgan fingerprint density at radius 1 is 1.27 bits per heavy atom. The summed E-state index contributed by atoms with van der Waals surface area (Å²) in [5.74, 6) is 0.594. The summed E-state index contributed by atoms with van der Waals surface area (Å²) >= 11 is 4.88. The van der Waals surface area contributed by atoms with Gasteiger partial charge in [-0.15, -0.1) is 0 Å². The molecule has 0 atom stereocenters. The molecular weight excluding hydrogens is 360 g/mol. The zero-order valence-electron chi connectivity index (χ0n) is 14.8. The number of benzene rings is 2. The number of halogens is 2. The van der Waals surface area contributed by atoms with Crippen molar-refractivity contribution in [2.45, 2.75) is 33.3 Å². The van der Waals surface area contributed by atoms with Gasteiger partial charge in [0.05, 0.1) is 12.8 Å². The van der Waals surface area contributed by atoms with Crippen LogP contribution >= 0.6 is 12.2 Å². The molecule has 7 heteroatoms. The minimum absolute atomic E-state index is 0.0949. The smallest absolute Gasteiger partial charge is 0.288 e. The summed E-state index contributed by atoms with van der Waals surface area (Å²) in [5, 5.41) is 10.5. The molecule has 4 nitrogen and oxygen atoms in total. The highest BCUT2D eigenvalue weighted by molar-refractivity contribution is 7.80. The number of anilines is 1. The van der Waals surface area contributed by atoms with Crippen molar-refractivity contribution in [1.29, 1.82) is 0 Å². The molecule has 26 heavy (non-hydrogen) atoms. The first-order valence-electron chi connectivity index (χ1n) is 8.08. The molecule has 2 aromatic carbocycles. The number of ether oxygens (including phenoxy) is 2. The lowest BCUT2D eigenvalue weighted by Gasteiger charge is -2.22. The molecule has 0 heterocycles. The second-order valence-electron chi connectivity index (χ2n) is 5.67. The largest absolute Gasteiger partial charge is 0.489 e. The second-order valence-corrected chi connectivity index (χ2v) is 6.02. The van der Waals surface area contributed by atoms with Crippen molar-refractivity contribution in [2.75, 3.05) is 12.2 Å². The summed E-state index contributed by atoms with van der Waals surface area (Å²) in [7, 11) is 1.29. The average molecular weight is 381 g/mol. The van der Waals surface area contributed by atoms with E-state index in [4.69, 9.17) is 21.7 Å². The molecule has 0 aromatic heterocycles. The van der Waals surface area contributed by atoms with Crippen LogP contribution in [0.4, 0.5) is 14.5 Å². The van der Waals surface area contributed by atoms with E-state index in [2.05, 4.69) is 6.92 Å². The van der Waals surface area contributed by atoms with E-state index in [-0.39, 0.29) is 28.6 Å². The van der Waals surface area contributed by atoms with Crippen LogP contribution in [0.5, 0.6) is 5.75 Å². The Balaban J connectivity index is 2.36. The standard InChI is InChI=1S/C19H21F2NO3S/c1-4-13-8-9-17(12(2)10-13)25-11-15-14(18(20)21)6-5-7-16(15)22(23)19(26)24-3/h5-10,18,23H,4,11H2,1-3H3. The lowest BCUT2D eigenvalue weighted by Crippen LogP contribution is -2.28. The number of nitrogens with zero attached hydrogens (tertiary/aromatic N) is 1. The summed E-state index contributed by atoms with van der Waals surface area (Å²) in [6.07, 6.45) is -1.82. The SMILES string of the molecule is CCc1ccc(OCc2c(C(F)F)cccc2N(O)C(=S)OC)c(C)c1. The maximum atomic E-state index is 13.4. The van der Waals surface area contributed by atoms with Gasteiger partial charge in [0.25, 0.3) is 11.6 Å². The number of hydroxylamine groups is 1. The molecule has 0 aliphatic carbocycles. The maximum Gasteiger partial charge on any atom is 0.288 e. The predicted molar refractivity (Wildman–Crippen MR) is 100 cm³/mol. The molecule has 0 unspecified atom stereocenters. The molecule has 0 fully saturated rings. The minimum Gasteiger partial charge on any atom is -0.489 e. The lowest BCUT2D eigenvalue weighted by molar-refractivity contribution is 0.147. The molecule has 0 spiro atoms. The van der Waals surface area contributed by atoms with E-state index in [9.17, 15) is 14.0 Å². The molecule has 0 radical (unpaired) electrons. The molecule has 2 aromatic rings.